The van der Waals surface area contributed by atoms with Crippen LogP contribution in [0.1, 0.15) is 80.0 Å². The number of hydrogen-bond donors (Lipinski definition) is 1. The molecule has 4 aromatic heterocycles. The van der Waals surface area contributed by atoms with Crippen molar-refractivity contribution in [1.82, 2.24) is 34.6 Å². The minimum Gasteiger partial charge on any atom is -0.497 e. The summed E-state index contributed by atoms with van der Waals surface area (Å²) >= 11 is 1.36. The molecule has 51 heavy (non-hydrogen) atoms. The number of rotatable bonds is 11. The van der Waals surface area contributed by atoms with Crippen LogP contribution in [0.15, 0.2) is 52.8 Å². The summed E-state index contributed by atoms with van der Waals surface area (Å²) in [5.74, 6) is 1.30. The standard InChI is InChI=1S/C36H41N9O5S/c1-6-50-31(46)19-23-13-16-43(17-14-23)32-27(11-12-29-40-41-42-45(29)21-24-7-9-26(49-5)10-8-24)34(48)44-18-15-25(20-30(44)38-32)33(47)39-35-37-28(22-51-35)36(2,3)4/h7-12,15,18,20,22-23H,6,13-14,16-17,19,21H2,1-5H3,(H,37,39,47). The summed E-state index contributed by atoms with van der Waals surface area (Å²) in [4.78, 5) is 51.2. The summed E-state index contributed by atoms with van der Waals surface area (Å²) in [5, 5.41) is 17.5. The summed E-state index contributed by atoms with van der Waals surface area (Å²) in [5.41, 5.74) is 2.43. The lowest BCUT2D eigenvalue weighted by atomic mass is 9.93. The number of piperidine rings is 1. The zero-order valence-electron chi connectivity index (χ0n) is 29.3. The summed E-state index contributed by atoms with van der Waals surface area (Å²) in [6.45, 7) is 9.93. The van der Waals surface area contributed by atoms with Gasteiger partial charge >= 0.3 is 5.97 Å². The Bertz CT molecular complexity index is 2110. The second kappa shape index (κ2) is 15.2. The first-order valence-electron chi connectivity index (χ1n) is 16.8. The van der Waals surface area contributed by atoms with Crippen LogP contribution in [0.4, 0.5) is 10.9 Å². The van der Waals surface area contributed by atoms with Gasteiger partial charge in [0.1, 0.15) is 17.2 Å². The highest BCUT2D eigenvalue weighted by molar-refractivity contribution is 7.14. The van der Waals surface area contributed by atoms with E-state index >= 15 is 0 Å². The van der Waals surface area contributed by atoms with Gasteiger partial charge in [-0.1, -0.05) is 32.9 Å². The predicted octanol–water partition coefficient (Wildman–Crippen LogP) is 5.08. The molecule has 5 heterocycles. The molecule has 0 unspecified atom stereocenters. The average Bonchev–Trinajstić information content (AvgIpc) is 3.78. The number of thiazole rings is 1. The highest BCUT2D eigenvalue weighted by Gasteiger charge is 2.26. The number of carbonyl (C=O) groups excluding carboxylic acids is 2. The van der Waals surface area contributed by atoms with E-state index in [1.165, 1.54) is 15.7 Å². The lowest BCUT2D eigenvalue weighted by molar-refractivity contribution is -0.144. The molecule has 1 aromatic carbocycles. The number of nitrogens with one attached hydrogen (secondary N) is 1. The second-order valence-electron chi connectivity index (χ2n) is 13.4. The first-order valence-corrected chi connectivity index (χ1v) is 17.7. The molecule has 15 heteroatoms. The fourth-order valence-corrected chi connectivity index (χ4v) is 6.75. The third kappa shape index (κ3) is 8.31. The predicted molar refractivity (Wildman–Crippen MR) is 195 cm³/mol. The van der Waals surface area contributed by atoms with Crippen LogP contribution in [0, 0.1) is 5.92 Å². The quantitative estimate of drug-likeness (QED) is 0.182. The normalized spacial score (nSPS) is 13.9. The number of carbonyl (C=O) groups is 2. The van der Waals surface area contributed by atoms with E-state index in [2.05, 4.69) is 51.5 Å². The summed E-state index contributed by atoms with van der Waals surface area (Å²) in [7, 11) is 1.62. The highest BCUT2D eigenvalue weighted by atomic mass is 32.1. The van der Waals surface area contributed by atoms with Gasteiger partial charge in [-0.2, -0.15) is 0 Å². The Morgan fingerprint density at radius 3 is 2.53 bits per heavy atom. The number of anilines is 2. The zero-order valence-corrected chi connectivity index (χ0v) is 30.1. The van der Waals surface area contributed by atoms with Crippen molar-refractivity contribution in [3.63, 3.8) is 0 Å². The Labute approximate surface area is 299 Å². The maximum Gasteiger partial charge on any atom is 0.306 e. The molecule has 1 aliphatic heterocycles. The van der Waals surface area contributed by atoms with Crippen molar-refractivity contribution >= 4 is 52.0 Å². The van der Waals surface area contributed by atoms with Crippen LogP contribution in [0.5, 0.6) is 5.75 Å². The minimum atomic E-state index is -0.351. The van der Waals surface area contributed by atoms with Gasteiger partial charge in [0, 0.05) is 42.1 Å². The number of tetrazole rings is 1. The van der Waals surface area contributed by atoms with Crippen LogP contribution in [0.25, 0.3) is 17.8 Å². The van der Waals surface area contributed by atoms with E-state index in [1.54, 1.807) is 49.2 Å². The Hall–Kier alpha value is -5.44. The number of amides is 1. The van der Waals surface area contributed by atoms with Gasteiger partial charge in [-0.05, 0) is 78.1 Å². The average molecular weight is 712 g/mol. The number of pyridine rings is 1. The molecule has 14 nitrogen and oxygen atoms in total. The molecule has 1 fully saturated rings. The Kier molecular flexibility index (Phi) is 10.6. The fourth-order valence-electron chi connectivity index (χ4n) is 5.82. The number of methoxy groups -OCH3 is 1. The van der Waals surface area contributed by atoms with E-state index in [4.69, 9.17) is 14.5 Å². The molecule has 266 valence electrons. The molecule has 5 aromatic rings. The Morgan fingerprint density at radius 2 is 1.84 bits per heavy atom. The second-order valence-corrected chi connectivity index (χ2v) is 14.2. The van der Waals surface area contributed by atoms with Crippen LogP contribution < -0.4 is 20.5 Å². The molecule has 1 aliphatic rings. The van der Waals surface area contributed by atoms with Gasteiger partial charge in [-0.15, -0.1) is 16.4 Å². The SMILES string of the molecule is CCOC(=O)CC1CCN(c2nc3cc(C(=O)Nc4nc(C(C)(C)C)cs4)ccn3c(=O)c2C=Cc2nnnn2Cc2ccc(OC)cc2)CC1. The van der Waals surface area contributed by atoms with E-state index < -0.39 is 0 Å². The lowest BCUT2D eigenvalue weighted by Gasteiger charge is -2.33. The van der Waals surface area contributed by atoms with E-state index in [9.17, 15) is 14.4 Å². The third-order valence-electron chi connectivity index (χ3n) is 8.73. The Morgan fingerprint density at radius 1 is 1.08 bits per heavy atom. The third-order valence-corrected chi connectivity index (χ3v) is 9.48. The molecule has 1 amide bonds. The summed E-state index contributed by atoms with van der Waals surface area (Å²) in [6, 6.07) is 10.8. The maximum absolute atomic E-state index is 14.1. The smallest absolute Gasteiger partial charge is 0.306 e. The van der Waals surface area contributed by atoms with Gasteiger partial charge < -0.3 is 14.4 Å². The monoisotopic (exact) mass is 711 g/mol. The molecule has 1 N–H and O–H groups in total. The molecule has 0 saturated carbocycles. The number of aromatic nitrogens is 7. The minimum absolute atomic E-state index is 0.147. The molecular formula is C36H41N9O5S. The molecule has 0 spiro atoms. The topological polar surface area (TPSA) is 159 Å². The van der Waals surface area contributed by atoms with E-state index in [0.717, 1.165) is 29.8 Å². The largest absolute Gasteiger partial charge is 0.497 e. The van der Waals surface area contributed by atoms with Crippen molar-refractivity contribution in [3.8, 4) is 5.75 Å². The molecule has 0 aliphatic carbocycles. The van der Waals surface area contributed by atoms with Crippen LogP contribution in [-0.4, -0.2) is 73.3 Å². The van der Waals surface area contributed by atoms with Crippen molar-refractivity contribution in [1.29, 1.82) is 0 Å². The number of nitrogens with zero attached hydrogens (tertiary/aromatic N) is 8. The first-order chi connectivity index (χ1) is 24.5. The first kappa shape index (κ1) is 35.4. The molecular weight excluding hydrogens is 671 g/mol. The number of esters is 1. The molecule has 1 saturated heterocycles. The van der Waals surface area contributed by atoms with Gasteiger partial charge in [-0.25, -0.2) is 14.6 Å². The molecule has 0 atom stereocenters. The van der Waals surface area contributed by atoms with Crippen LogP contribution in [0.3, 0.4) is 0 Å². The van der Waals surface area contributed by atoms with Crippen LogP contribution >= 0.6 is 11.3 Å². The van der Waals surface area contributed by atoms with Crippen molar-refractivity contribution in [2.24, 2.45) is 5.92 Å². The van der Waals surface area contributed by atoms with Gasteiger partial charge in [0.25, 0.3) is 11.5 Å². The molecule has 0 bridgehead atoms. The van der Waals surface area contributed by atoms with Crippen LogP contribution in [-0.2, 0) is 21.5 Å². The van der Waals surface area contributed by atoms with E-state index in [1.807, 2.05) is 29.6 Å². The van der Waals surface area contributed by atoms with Gasteiger partial charge in [-0.3, -0.25) is 24.1 Å². The van der Waals surface area contributed by atoms with Gasteiger partial charge in [0.05, 0.1) is 31.5 Å². The maximum atomic E-state index is 14.1. The van der Waals surface area contributed by atoms with Crippen molar-refractivity contribution in [2.75, 3.05) is 37.0 Å². The molecule has 6 rings (SSSR count). The summed E-state index contributed by atoms with van der Waals surface area (Å²) < 4.78 is 13.5. The number of hydrogen-bond acceptors (Lipinski definition) is 12. The fraction of sp³-hybridized carbons (Fsp3) is 0.389. The Balaban J connectivity index is 1.31. The number of ether oxygens (including phenoxy) is 2. The number of fused-ring (bicyclic) bond motifs is 1. The highest BCUT2D eigenvalue weighted by Crippen LogP contribution is 2.29. The lowest BCUT2D eigenvalue weighted by Crippen LogP contribution is -2.37. The van der Waals surface area contributed by atoms with Crippen molar-refractivity contribution in [2.45, 2.75) is 58.9 Å². The summed E-state index contributed by atoms with van der Waals surface area (Å²) in [6.07, 6.45) is 6.77. The van der Waals surface area contributed by atoms with E-state index in [-0.39, 0.29) is 28.8 Å². The van der Waals surface area contributed by atoms with Crippen molar-refractivity contribution < 1.29 is 19.1 Å². The molecule has 0 radical (unpaired) electrons. The zero-order chi connectivity index (χ0) is 36.1. The van der Waals surface area contributed by atoms with Gasteiger partial charge in [0.2, 0.25) is 0 Å². The van der Waals surface area contributed by atoms with Crippen molar-refractivity contribution in [3.05, 3.63) is 86.5 Å². The van der Waals surface area contributed by atoms with E-state index in [0.29, 0.717) is 66.2 Å². The number of benzene rings is 1. The van der Waals surface area contributed by atoms with Crippen LogP contribution in [0.2, 0.25) is 0 Å². The van der Waals surface area contributed by atoms with Gasteiger partial charge in [0.15, 0.2) is 11.0 Å².